The highest BCUT2D eigenvalue weighted by molar-refractivity contribution is 5.82. The fourth-order valence-corrected chi connectivity index (χ4v) is 3.66. The topological polar surface area (TPSA) is 87.6 Å². The first-order chi connectivity index (χ1) is 12.5. The predicted molar refractivity (Wildman–Crippen MR) is 101 cm³/mol. The monoisotopic (exact) mass is 362 g/mol. The number of nitrogens with one attached hydrogen (secondary N) is 1. The number of carbonyl (C=O) groups is 1. The molecular weight excluding hydrogens is 332 g/mol. The fourth-order valence-electron chi connectivity index (χ4n) is 3.66. The number of aliphatic carboxylic acids is 1. The molecule has 2 N–H and O–H groups in total. The molecule has 2 fully saturated rings. The van der Waals surface area contributed by atoms with Gasteiger partial charge in [0.1, 0.15) is 5.82 Å². The molecule has 144 valence electrons. The lowest BCUT2D eigenvalue weighted by atomic mass is 9.85. The smallest absolute Gasteiger partial charge is 0.313 e. The summed E-state index contributed by atoms with van der Waals surface area (Å²) in [6.07, 6.45) is 8.14. The van der Waals surface area contributed by atoms with E-state index in [-0.39, 0.29) is 0 Å². The van der Waals surface area contributed by atoms with Crippen molar-refractivity contribution in [2.75, 3.05) is 43.1 Å². The highest BCUT2D eigenvalue weighted by Crippen LogP contribution is 2.32. The highest BCUT2D eigenvalue weighted by atomic mass is 16.5. The van der Waals surface area contributed by atoms with E-state index in [1.165, 1.54) is 32.1 Å². The number of nitrogens with zero attached hydrogens (tertiary/aromatic N) is 3. The van der Waals surface area contributed by atoms with E-state index in [0.29, 0.717) is 49.6 Å². The lowest BCUT2D eigenvalue weighted by Crippen LogP contribution is -2.40. The molecule has 26 heavy (non-hydrogen) atoms. The van der Waals surface area contributed by atoms with E-state index in [2.05, 4.69) is 15.2 Å². The molecule has 1 aromatic heterocycles. The number of anilines is 2. The number of hydrogen-bond donors (Lipinski definition) is 2. The van der Waals surface area contributed by atoms with Gasteiger partial charge in [0.15, 0.2) is 0 Å². The SMILES string of the molecule is CC(C)(C(=O)O)c1cnc(NCC2CCCCC2)nc1N1CCOCC1. The summed E-state index contributed by atoms with van der Waals surface area (Å²) >= 11 is 0. The third-order valence-electron chi connectivity index (χ3n) is 5.56. The Morgan fingerprint density at radius 3 is 2.65 bits per heavy atom. The van der Waals surface area contributed by atoms with Gasteiger partial charge in [-0.3, -0.25) is 4.79 Å². The Morgan fingerprint density at radius 1 is 1.31 bits per heavy atom. The largest absolute Gasteiger partial charge is 0.481 e. The maximum Gasteiger partial charge on any atom is 0.313 e. The first kappa shape index (κ1) is 18.9. The van der Waals surface area contributed by atoms with E-state index in [9.17, 15) is 9.90 Å². The van der Waals surface area contributed by atoms with E-state index >= 15 is 0 Å². The van der Waals surface area contributed by atoms with Gasteiger partial charge in [0.25, 0.3) is 0 Å². The number of morpholine rings is 1. The summed E-state index contributed by atoms with van der Waals surface area (Å²) in [6, 6.07) is 0. The van der Waals surface area contributed by atoms with Gasteiger partial charge in [-0.05, 0) is 32.6 Å². The number of ether oxygens (including phenoxy) is 1. The van der Waals surface area contributed by atoms with Crippen LogP contribution in [0.2, 0.25) is 0 Å². The molecule has 0 unspecified atom stereocenters. The van der Waals surface area contributed by atoms with Gasteiger partial charge in [0.2, 0.25) is 5.95 Å². The normalized spacial score (nSPS) is 19.4. The van der Waals surface area contributed by atoms with Crippen molar-refractivity contribution in [1.29, 1.82) is 0 Å². The Balaban J connectivity index is 1.82. The van der Waals surface area contributed by atoms with Crippen molar-refractivity contribution in [3.05, 3.63) is 11.8 Å². The van der Waals surface area contributed by atoms with Gasteiger partial charge in [-0.25, -0.2) is 4.98 Å². The first-order valence-electron chi connectivity index (χ1n) is 9.66. The number of carboxylic acids is 1. The third kappa shape index (κ3) is 4.26. The van der Waals surface area contributed by atoms with Gasteiger partial charge in [0.05, 0.1) is 18.6 Å². The predicted octanol–water partition coefficient (Wildman–Crippen LogP) is 2.67. The Bertz CT molecular complexity index is 623. The van der Waals surface area contributed by atoms with Crippen LogP contribution in [0.25, 0.3) is 0 Å². The lowest BCUT2D eigenvalue weighted by Gasteiger charge is -2.32. The molecule has 1 aliphatic heterocycles. The Morgan fingerprint density at radius 2 is 2.00 bits per heavy atom. The molecule has 0 amide bonds. The minimum Gasteiger partial charge on any atom is -0.481 e. The second-order valence-electron chi connectivity index (χ2n) is 7.85. The van der Waals surface area contributed by atoms with E-state index in [0.717, 1.165) is 6.54 Å². The first-order valence-corrected chi connectivity index (χ1v) is 9.66. The van der Waals surface area contributed by atoms with Gasteiger partial charge in [-0.1, -0.05) is 19.3 Å². The van der Waals surface area contributed by atoms with Crippen LogP contribution in [0, 0.1) is 5.92 Å². The van der Waals surface area contributed by atoms with Crippen LogP contribution in [-0.4, -0.2) is 53.9 Å². The van der Waals surface area contributed by atoms with Gasteiger partial charge >= 0.3 is 5.97 Å². The Hall–Kier alpha value is -1.89. The van der Waals surface area contributed by atoms with Gasteiger partial charge < -0.3 is 20.1 Å². The van der Waals surface area contributed by atoms with Gasteiger partial charge in [-0.2, -0.15) is 4.98 Å². The minimum atomic E-state index is -1.05. The van der Waals surface area contributed by atoms with E-state index in [4.69, 9.17) is 9.72 Å². The number of aromatic nitrogens is 2. The van der Waals surface area contributed by atoms with Crippen molar-refractivity contribution in [1.82, 2.24) is 9.97 Å². The van der Waals surface area contributed by atoms with Crippen molar-refractivity contribution < 1.29 is 14.6 Å². The molecule has 0 atom stereocenters. The van der Waals surface area contributed by atoms with Crippen LogP contribution in [-0.2, 0) is 14.9 Å². The average Bonchev–Trinajstić information content (AvgIpc) is 2.67. The van der Waals surface area contributed by atoms with Gasteiger partial charge in [0, 0.05) is 31.4 Å². The fraction of sp³-hybridized carbons (Fsp3) is 0.737. The molecule has 2 aliphatic rings. The molecule has 1 aromatic rings. The molecule has 1 saturated carbocycles. The summed E-state index contributed by atoms with van der Waals surface area (Å²) in [5.74, 6) is 1.09. The quantitative estimate of drug-likeness (QED) is 0.804. The van der Waals surface area contributed by atoms with Crippen molar-refractivity contribution >= 4 is 17.7 Å². The molecule has 3 rings (SSSR count). The van der Waals surface area contributed by atoms with Crippen LogP contribution in [0.15, 0.2) is 6.20 Å². The summed E-state index contributed by atoms with van der Waals surface area (Å²) in [5.41, 5.74) is -0.398. The van der Waals surface area contributed by atoms with Crippen LogP contribution in [0.4, 0.5) is 11.8 Å². The highest BCUT2D eigenvalue weighted by Gasteiger charge is 2.35. The molecule has 1 saturated heterocycles. The molecule has 7 heteroatoms. The zero-order chi connectivity index (χ0) is 18.6. The van der Waals surface area contributed by atoms with Crippen LogP contribution in [0.3, 0.4) is 0 Å². The van der Waals surface area contributed by atoms with Crippen molar-refractivity contribution in [2.45, 2.75) is 51.4 Å². The van der Waals surface area contributed by atoms with E-state index < -0.39 is 11.4 Å². The molecule has 1 aliphatic carbocycles. The Kier molecular flexibility index (Phi) is 5.96. The number of hydrogen-bond acceptors (Lipinski definition) is 6. The maximum atomic E-state index is 11.8. The van der Waals surface area contributed by atoms with E-state index in [1.54, 1.807) is 20.0 Å². The van der Waals surface area contributed by atoms with Crippen LogP contribution in [0.5, 0.6) is 0 Å². The van der Waals surface area contributed by atoms with Crippen molar-refractivity contribution in [3.63, 3.8) is 0 Å². The lowest BCUT2D eigenvalue weighted by molar-refractivity contribution is -0.142. The summed E-state index contributed by atoms with van der Waals surface area (Å²) in [7, 11) is 0. The zero-order valence-electron chi connectivity index (χ0n) is 15.8. The molecule has 0 spiro atoms. The summed E-state index contributed by atoms with van der Waals surface area (Å²) in [5, 5.41) is 13.0. The Labute approximate surface area is 155 Å². The molecule has 0 aromatic carbocycles. The third-order valence-corrected chi connectivity index (χ3v) is 5.56. The van der Waals surface area contributed by atoms with Crippen molar-refractivity contribution in [2.24, 2.45) is 5.92 Å². The average molecular weight is 362 g/mol. The summed E-state index contributed by atoms with van der Waals surface area (Å²) < 4.78 is 5.43. The standard InChI is InChI=1S/C19H30N4O3/c1-19(2,17(24)25)15-13-21-18(20-12-14-6-4-3-5-7-14)22-16(15)23-8-10-26-11-9-23/h13-14H,3-12H2,1-2H3,(H,24,25)(H,20,21,22). The maximum absolute atomic E-state index is 11.8. The second-order valence-corrected chi connectivity index (χ2v) is 7.85. The molecule has 0 radical (unpaired) electrons. The summed E-state index contributed by atoms with van der Waals surface area (Å²) in [6.45, 7) is 6.96. The van der Waals surface area contributed by atoms with Gasteiger partial charge in [-0.15, -0.1) is 0 Å². The summed E-state index contributed by atoms with van der Waals surface area (Å²) in [4.78, 5) is 23.0. The van der Waals surface area contributed by atoms with E-state index in [1.807, 2.05) is 0 Å². The second kappa shape index (κ2) is 8.20. The molecule has 0 bridgehead atoms. The van der Waals surface area contributed by atoms with Crippen molar-refractivity contribution in [3.8, 4) is 0 Å². The molecule has 2 heterocycles. The number of rotatable bonds is 6. The number of carboxylic acid groups (broad SMARTS) is 1. The van der Waals surface area contributed by atoms with Crippen LogP contribution >= 0.6 is 0 Å². The van der Waals surface area contributed by atoms with Crippen LogP contribution < -0.4 is 10.2 Å². The minimum absolute atomic E-state index is 0.585. The molecule has 7 nitrogen and oxygen atoms in total. The van der Waals surface area contributed by atoms with Crippen LogP contribution in [0.1, 0.15) is 51.5 Å². The zero-order valence-corrected chi connectivity index (χ0v) is 15.8. The molecular formula is C19H30N4O3.